The molecule has 0 bridgehead atoms. The summed E-state index contributed by atoms with van der Waals surface area (Å²) in [6, 6.07) is 0. The van der Waals surface area contributed by atoms with E-state index < -0.39 is 17.1 Å². The van der Waals surface area contributed by atoms with Gasteiger partial charge in [-0.2, -0.15) is 0 Å². The monoisotopic (exact) mass is 512 g/mol. The molecule has 4 saturated carbocycles. The topological polar surface area (TPSA) is 82.1 Å². The molecule has 5 fully saturated rings. The summed E-state index contributed by atoms with van der Waals surface area (Å²) in [4.78, 5) is 26.3. The average molecular weight is 513 g/mol. The first-order valence-electron chi connectivity index (χ1n) is 14.7. The molecule has 1 saturated heterocycles. The van der Waals surface area contributed by atoms with Crippen LogP contribution in [0.15, 0.2) is 23.8 Å². The van der Waals surface area contributed by atoms with Gasteiger partial charge in [0.05, 0.1) is 18.3 Å². The van der Waals surface area contributed by atoms with E-state index in [1.807, 2.05) is 19.9 Å². The molecule has 0 amide bonds. The van der Waals surface area contributed by atoms with Crippen molar-refractivity contribution >= 4 is 11.6 Å². The summed E-state index contributed by atoms with van der Waals surface area (Å²) in [5.41, 5.74) is -0.816. The van der Waals surface area contributed by atoms with Crippen LogP contribution in [0.3, 0.4) is 0 Å². The Morgan fingerprint density at radius 1 is 1.19 bits per heavy atom. The van der Waals surface area contributed by atoms with Crippen LogP contribution in [0.25, 0.3) is 0 Å². The van der Waals surface area contributed by atoms with Gasteiger partial charge in [-0.1, -0.05) is 44.8 Å². The maximum atomic E-state index is 14.2. The minimum absolute atomic E-state index is 0.0108. The van der Waals surface area contributed by atoms with Crippen LogP contribution in [0.5, 0.6) is 0 Å². The Kier molecular flexibility index (Phi) is 6.38. The van der Waals surface area contributed by atoms with Crippen LogP contribution < -0.4 is 0 Å². The van der Waals surface area contributed by atoms with Crippen molar-refractivity contribution in [3.8, 4) is 0 Å². The van der Waals surface area contributed by atoms with Crippen molar-refractivity contribution < 1.29 is 28.9 Å². The van der Waals surface area contributed by atoms with Crippen LogP contribution in [-0.2, 0) is 23.8 Å². The van der Waals surface area contributed by atoms with E-state index in [1.54, 1.807) is 12.2 Å². The first-order chi connectivity index (χ1) is 17.6. The number of aliphatic hydroxyl groups excluding tert-OH is 1. The number of carbonyl (C=O) groups excluding carboxylic acids is 2. The first-order valence-corrected chi connectivity index (χ1v) is 14.7. The molecule has 6 heteroatoms. The van der Waals surface area contributed by atoms with Crippen molar-refractivity contribution in [1.29, 1.82) is 0 Å². The molecule has 5 aliphatic carbocycles. The summed E-state index contributed by atoms with van der Waals surface area (Å²) in [5.74, 6) is 0.792. The van der Waals surface area contributed by atoms with Gasteiger partial charge in [0, 0.05) is 22.7 Å². The van der Waals surface area contributed by atoms with Gasteiger partial charge in [-0.25, -0.2) is 0 Å². The Morgan fingerprint density at radius 3 is 2.68 bits per heavy atom. The molecular weight excluding hydrogens is 468 g/mol. The van der Waals surface area contributed by atoms with Crippen LogP contribution in [0.2, 0.25) is 0 Å². The van der Waals surface area contributed by atoms with Gasteiger partial charge in [0.25, 0.3) is 0 Å². The zero-order valence-corrected chi connectivity index (χ0v) is 22.9. The van der Waals surface area contributed by atoms with Gasteiger partial charge in [-0.3, -0.25) is 9.59 Å². The SMILES string of the molecule is CC(C)OCC(=O)[C@@]12O[C@H](C3CCCCC3)O[C@@H]1C[C@H]1[C@@H]3CCC4=CC(=O)C=C[C@]4(C)[C@H]3[C@@H](O)C[C@@]12C. The number of ether oxygens (including phenoxy) is 3. The third-order valence-electron chi connectivity index (χ3n) is 11.3. The molecule has 0 unspecified atom stereocenters. The summed E-state index contributed by atoms with van der Waals surface area (Å²) in [5, 5.41) is 11.9. The summed E-state index contributed by atoms with van der Waals surface area (Å²) in [7, 11) is 0. The molecule has 37 heavy (non-hydrogen) atoms. The van der Waals surface area contributed by atoms with E-state index in [-0.39, 0.29) is 59.8 Å². The van der Waals surface area contributed by atoms with E-state index in [2.05, 4.69) is 13.8 Å². The third-order valence-corrected chi connectivity index (χ3v) is 11.3. The van der Waals surface area contributed by atoms with E-state index in [1.165, 1.54) is 19.3 Å². The highest BCUT2D eigenvalue weighted by Crippen LogP contribution is 2.70. The highest BCUT2D eigenvalue weighted by molar-refractivity contribution is 6.01. The standard InChI is InChI=1S/C31H44O6/c1-18(2)35-17-25(34)31-26(36-28(37-31)19-8-6-5-7-9-19)15-23-22-11-10-20-14-21(32)12-13-29(20,3)27(22)24(33)16-30(23,31)4/h12-14,18-19,22-24,26-28,33H,5-11,15-17H2,1-4H3/t22-,23-,24-,26+,27+,28+,29-,30-,31+/m0/s1. The van der Waals surface area contributed by atoms with Gasteiger partial charge in [-0.15, -0.1) is 0 Å². The molecule has 0 radical (unpaired) electrons. The molecule has 1 N–H and O–H groups in total. The fourth-order valence-electron chi connectivity index (χ4n) is 9.56. The van der Waals surface area contributed by atoms with Gasteiger partial charge in [0.1, 0.15) is 6.61 Å². The molecule has 0 aromatic heterocycles. The fourth-order valence-corrected chi connectivity index (χ4v) is 9.56. The molecule has 6 nitrogen and oxygen atoms in total. The number of carbonyl (C=O) groups is 2. The average Bonchev–Trinajstić information content (AvgIpc) is 3.36. The maximum absolute atomic E-state index is 14.2. The van der Waals surface area contributed by atoms with Gasteiger partial charge in [-0.05, 0) is 76.4 Å². The van der Waals surface area contributed by atoms with E-state index in [0.29, 0.717) is 12.3 Å². The summed E-state index contributed by atoms with van der Waals surface area (Å²) in [6.07, 6.45) is 13.0. The van der Waals surface area contributed by atoms with Gasteiger partial charge < -0.3 is 19.3 Å². The first kappa shape index (κ1) is 25.9. The van der Waals surface area contributed by atoms with Crippen molar-refractivity contribution in [2.24, 2.45) is 34.5 Å². The number of allylic oxidation sites excluding steroid dienone is 4. The lowest BCUT2D eigenvalue weighted by molar-refractivity contribution is -0.210. The second-order valence-electron chi connectivity index (χ2n) is 13.5. The molecule has 1 aliphatic heterocycles. The van der Waals surface area contributed by atoms with E-state index >= 15 is 0 Å². The van der Waals surface area contributed by atoms with E-state index in [0.717, 1.165) is 37.7 Å². The van der Waals surface area contributed by atoms with Crippen molar-refractivity contribution in [1.82, 2.24) is 0 Å². The summed E-state index contributed by atoms with van der Waals surface area (Å²) >= 11 is 0. The Hall–Kier alpha value is -1.34. The Bertz CT molecular complexity index is 1010. The smallest absolute Gasteiger partial charge is 0.193 e. The van der Waals surface area contributed by atoms with Crippen molar-refractivity contribution in [3.63, 3.8) is 0 Å². The van der Waals surface area contributed by atoms with Crippen LogP contribution in [-0.4, -0.2) is 53.5 Å². The number of hydrogen-bond donors (Lipinski definition) is 1. The second kappa shape index (κ2) is 9.11. The highest BCUT2D eigenvalue weighted by Gasteiger charge is 2.76. The predicted octanol–water partition coefficient (Wildman–Crippen LogP) is 4.93. The number of Topliss-reactive ketones (excluding diaryl/α,β-unsaturated/α-hetero) is 1. The largest absolute Gasteiger partial charge is 0.393 e. The molecule has 204 valence electrons. The minimum atomic E-state index is -1.09. The molecule has 0 spiro atoms. The normalized spacial score (nSPS) is 47.3. The Morgan fingerprint density at radius 2 is 1.95 bits per heavy atom. The predicted molar refractivity (Wildman–Crippen MR) is 139 cm³/mol. The van der Waals surface area contributed by atoms with Gasteiger partial charge in [0.2, 0.25) is 0 Å². The lowest BCUT2D eigenvalue weighted by atomic mass is 9.46. The summed E-state index contributed by atoms with van der Waals surface area (Å²) < 4.78 is 19.5. The van der Waals surface area contributed by atoms with E-state index in [4.69, 9.17) is 14.2 Å². The van der Waals surface area contributed by atoms with Crippen LogP contribution >= 0.6 is 0 Å². The number of ketones is 2. The number of hydrogen-bond acceptors (Lipinski definition) is 6. The fraction of sp³-hybridized carbons (Fsp3) is 0.806. The Labute approximate surface area is 221 Å². The van der Waals surface area contributed by atoms with Crippen molar-refractivity contribution in [3.05, 3.63) is 23.8 Å². The lowest BCUT2D eigenvalue weighted by Crippen LogP contribution is -2.63. The molecular formula is C31H44O6. The van der Waals surface area contributed by atoms with E-state index in [9.17, 15) is 14.7 Å². The molecule has 6 rings (SSSR count). The molecule has 1 heterocycles. The van der Waals surface area contributed by atoms with Crippen molar-refractivity contribution in [2.45, 2.75) is 116 Å². The third kappa shape index (κ3) is 3.72. The van der Waals surface area contributed by atoms with Crippen LogP contribution in [0, 0.1) is 34.5 Å². The Balaban J connectivity index is 1.36. The molecule has 9 atom stereocenters. The van der Waals surface area contributed by atoms with Crippen molar-refractivity contribution in [2.75, 3.05) is 6.61 Å². The molecule has 6 aliphatic rings. The lowest BCUT2D eigenvalue weighted by Gasteiger charge is -2.59. The van der Waals surface area contributed by atoms with Gasteiger partial charge in [0.15, 0.2) is 23.5 Å². The number of fused-ring (bicyclic) bond motifs is 7. The quantitative estimate of drug-likeness (QED) is 0.563. The number of rotatable bonds is 5. The van der Waals surface area contributed by atoms with Crippen LogP contribution in [0.1, 0.15) is 85.5 Å². The zero-order valence-electron chi connectivity index (χ0n) is 22.9. The van der Waals surface area contributed by atoms with Crippen LogP contribution in [0.4, 0.5) is 0 Å². The zero-order chi connectivity index (χ0) is 26.2. The maximum Gasteiger partial charge on any atom is 0.193 e. The minimum Gasteiger partial charge on any atom is -0.393 e. The molecule has 0 aromatic rings. The number of aliphatic hydroxyl groups is 1. The molecule has 0 aromatic carbocycles. The second-order valence-corrected chi connectivity index (χ2v) is 13.5. The highest BCUT2D eigenvalue weighted by atomic mass is 16.7. The van der Waals surface area contributed by atoms with Gasteiger partial charge >= 0.3 is 0 Å². The summed E-state index contributed by atoms with van der Waals surface area (Å²) in [6.45, 7) is 8.28.